The SMILES string of the molecule is COc1cccc(-c2nc3c(c(=O)[nH]2)Cc2cccc(OC)c2O3)c1O. The predicted octanol–water partition coefficient (Wildman–Crippen LogP) is 2.86. The minimum absolute atomic E-state index is 0.105. The van der Waals surface area contributed by atoms with Gasteiger partial charge in [0.25, 0.3) is 5.56 Å². The molecule has 1 aromatic heterocycles. The number of phenols is 1. The first-order valence-electron chi connectivity index (χ1n) is 7.95. The maximum Gasteiger partial charge on any atom is 0.258 e. The lowest BCUT2D eigenvalue weighted by molar-refractivity contribution is 0.364. The Morgan fingerprint density at radius 1 is 1.12 bits per heavy atom. The van der Waals surface area contributed by atoms with Crippen LogP contribution in [0.5, 0.6) is 28.9 Å². The molecule has 0 aliphatic carbocycles. The van der Waals surface area contributed by atoms with Gasteiger partial charge >= 0.3 is 0 Å². The molecule has 1 aliphatic rings. The van der Waals surface area contributed by atoms with E-state index >= 15 is 0 Å². The van der Waals surface area contributed by atoms with E-state index in [0.29, 0.717) is 29.0 Å². The number of hydrogen-bond acceptors (Lipinski definition) is 6. The summed E-state index contributed by atoms with van der Waals surface area (Å²) >= 11 is 0. The van der Waals surface area contributed by atoms with Gasteiger partial charge in [-0.25, -0.2) is 0 Å². The summed E-state index contributed by atoms with van der Waals surface area (Å²) < 4.78 is 16.3. The molecule has 132 valence electrons. The van der Waals surface area contributed by atoms with Crippen LogP contribution in [0.3, 0.4) is 0 Å². The third kappa shape index (κ3) is 2.45. The highest BCUT2D eigenvalue weighted by atomic mass is 16.5. The number of phenolic OH excluding ortho intramolecular Hbond substituents is 1. The largest absolute Gasteiger partial charge is 0.504 e. The number of aromatic amines is 1. The van der Waals surface area contributed by atoms with Crippen LogP contribution in [-0.4, -0.2) is 29.3 Å². The van der Waals surface area contributed by atoms with E-state index in [9.17, 15) is 9.90 Å². The van der Waals surface area contributed by atoms with E-state index in [-0.39, 0.29) is 28.8 Å². The van der Waals surface area contributed by atoms with E-state index in [1.165, 1.54) is 7.11 Å². The zero-order chi connectivity index (χ0) is 18.3. The van der Waals surface area contributed by atoms with Crippen molar-refractivity contribution in [1.29, 1.82) is 0 Å². The van der Waals surface area contributed by atoms with E-state index < -0.39 is 0 Å². The van der Waals surface area contributed by atoms with Crippen molar-refractivity contribution in [3.63, 3.8) is 0 Å². The van der Waals surface area contributed by atoms with Gasteiger partial charge < -0.3 is 24.3 Å². The van der Waals surface area contributed by atoms with Gasteiger partial charge in [0.2, 0.25) is 5.88 Å². The summed E-state index contributed by atoms with van der Waals surface area (Å²) in [4.78, 5) is 19.7. The Hall–Kier alpha value is -3.48. The minimum Gasteiger partial charge on any atom is -0.504 e. The fourth-order valence-electron chi connectivity index (χ4n) is 2.99. The smallest absolute Gasteiger partial charge is 0.258 e. The average Bonchev–Trinajstić information content (AvgIpc) is 2.66. The average molecular weight is 352 g/mol. The number of aromatic hydroxyl groups is 1. The maximum absolute atomic E-state index is 12.6. The Bertz CT molecular complexity index is 1060. The van der Waals surface area contributed by atoms with E-state index in [0.717, 1.165) is 5.56 Å². The molecule has 0 unspecified atom stereocenters. The van der Waals surface area contributed by atoms with Gasteiger partial charge in [-0.3, -0.25) is 4.79 Å². The predicted molar refractivity (Wildman–Crippen MR) is 94.4 cm³/mol. The Kier molecular flexibility index (Phi) is 3.76. The number of nitrogens with zero attached hydrogens (tertiary/aromatic N) is 1. The monoisotopic (exact) mass is 352 g/mol. The third-order valence-electron chi connectivity index (χ3n) is 4.30. The number of para-hydroxylation sites is 2. The van der Waals surface area contributed by atoms with E-state index in [4.69, 9.17) is 14.2 Å². The second-order valence-corrected chi connectivity index (χ2v) is 5.78. The Morgan fingerprint density at radius 2 is 1.85 bits per heavy atom. The van der Waals surface area contributed by atoms with Crippen molar-refractivity contribution >= 4 is 0 Å². The Balaban J connectivity index is 1.85. The summed E-state index contributed by atoms with van der Waals surface area (Å²) in [5.41, 5.74) is 1.30. The van der Waals surface area contributed by atoms with Crippen LogP contribution in [0.25, 0.3) is 11.4 Å². The van der Waals surface area contributed by atoms with Crippen molar-refractivity contribution < 1.29 is 19.3 Å². The maximum atomic E-state index is 12.6. The first-order valence-corrected chi connectivity index (χ1v) is 7.95. The van der Waals surface area contributed by atoms with Crippen molar-refractivity contribution in [3.8, 4) is 40.3 Å². The molecule has 0 fully saturated rings. The van der Waals surface area contributed by atoms with Gasteiger partial charge in [-0.05, 0) is 18.2 Å². The molecule has 0 bridgehead atoms. The second kappa shape index (κ2) is 6.11. The van der Waals surface area contributed by atoms with Gasteiger partial charge in [0, 0.05) is 12.0 Å². The van der Waals surface area contributed by atoms with E-state index in [2.05, 4.69) is 9.97 Å². The van der Waals surface area contributed by atoms with Crippen molar-refractivity contribution in [3.05, 3.63) is 57.9 Å². The van der Waals surface area contributed by atoms with Crippen LogP contribution in [-0.2, 0) is 6.42 Å². The normalized spacial score (nSPS) is 11.9. The number of ether oxygens (including phenoxy) is 3. The van der Waals surface area contributed by atoms with Gasteiger partial charge in [0.15, 0.2) is 23.0 Å². The molecule has 0 radical (unpaired) electrons. The molecular formula is C19H16N2O5. The quantitative estimate of drug-likeness (QED) is 0.589. The van der Waals surface area contributed by atoms with E-state index in [1.807, 2.05) is 12.1 Å². The highest BCUT2D eigenvalue weighted by Crippen LogP contribution is 2.41. The standard InChI is InChI=1S/C19H16N2O5/c1-24-13-7-4-6-11(15(13)22)17-20-18(23)12-9-10-5-3-8-14(25-2)16(10)26-19(12)21-17/h3-8,22H,9H2,1-2H3,(H,20,21,23). The highest BCUT2D eigenvalue weighted by molar-refractivity contribution is 5.68. The van der Waals surface area contributed by atoms with Gasteiger partial charge in [0.05, 0.1) is 25.3 Å². The summed E-state index contributed by atoms with van der Waals surface area (Å²) in [6.07, 6.45) is 0.384. The number of aromatic nitrogens is 2. The molecule has 26 heavy (non-hydrogen) atoms. The van der Waals surface area contributed by atoms with Crippen LogP contribution in [0.15, 0.2) is 41.2 Å². The molecule has 0 spiro atoms. The van der Waals surface area contributed by atoms with Crippen LogP contribution in [0.1, 0.15) is 11.1 Å². The van der Waals surface area contributed by atoms with Crippen molar-refractivity contribution in [2.24, 2.45) is 0 Å². The van der Waals surface area contributed by atoms with Crippen LogP contribution in [0.4, 0.5) is 0 Å². The third-order valence-corrected chi connectivity index (χ3v) is 4.30. The Morgan fingerprint density at radius 3 is 2.62 bits per heavy atom. The lowest BCUT2D eigenvalue weighted by Crippen LogP contribution is -2.20. The fraction of sp³-hybridized carbons (Fsp3) is 0.158. The number of methoxy groups -OCH3 is 2. The number of rotatable bonds is 3. The zero-order valence-corrected chi connectivity index (χ0v) is 14.2. The van der Waals surface area contributed by atoms with Crippen LogP contribution in [0.2, 0.25) is 0 Å². The van der Waals surface area contributed by atoms with Crippen molar-refractivity contribution in [2.45, 2.75) is 6.42 Å². The molecule has 3 aromatic rings. The van der Waals surface area contributed by atoms with Gasteiger partial charge in [0.1, 0.15) is 5.82 Å². The van der Waals surface area contributed by atoms with Crippen LogP contribution in [0, 0.1) is 0 Å². The molecule has 0 atom stereocenters. The molecule has 7 nitrogen and oxygen atoms in total. The summed E-state index contributed by atoms with van der Waals surface area (Å²) in [6.45, 7) is 0. The molecule has 2 N–H and O–H groups in total. The number of nitrogens with one attached hydrogen (secondary N) is 1. The zero-order valence-electron chi connectivity index (χ0n) is 14.2. The highest BCUT2D eigenvalue weighted by Gasteiger charge is 2.25. The second-order valence-electron chi connectivity index (χ2n) is 5.78. The first-order chi connectivity index (χ1) is 12.6. The molecule has 4 rings (SSSR count). The lowest BCUT2D eigenvalue weighted by atomic mass is 10.0. The summed E-state index contributed by atoms with van der Waals surface area (Å²) in [5, 5.41) is 10.3. The molecule has 2 heterocycles. The molecule has 2 aromatic carbocycles. The van der Waals surface area contributed by atoms with Gasteiger partial charge in [-0.2, -0.15) is 4.98 Å². The minimum atomic E-state index is -0.319. The molecule has 7 heteroatoms. The van der Waals surface area contributed by atoms with Crippen LogP contribution < -0.4 is 19.8 Å². The fourth-order valence-corrected chi connectivity index (χ4v) is 2.99. The molecule has 0 saturated carbocycles. The van der Waals surface area contributed by atoms with Gasteiger partial charge in [-0.15, -0.1) is 0 Å². The molecule has 0 saturated heterocycles. The van der Waals surface area contributed by atoms with Crippen molar-refractivity contribution in [2.75, 3.05) is 14.2 Å². The number of benzene rings is 2. The number of hydrogen-bond donors (Lipinski definition) is 2. The summed E-state index contributed by atoms with van der Waals surface area (Å²) in [7, 11) is 3.01. The van der Waals surface area contributed by atoms with E-state index in [1.54, 1.807) is 31.4 Å². The summed E-state index contributed by atoms with van der Waals surface area (Å²) in [6, 6.07) is 10.5. The molecule has 0 amide bonds. The van der Waals surface area contributed by atoms with Gasteiger partial charge in [-0.1, -0.05) is 18.2 Å². The molecule has 1 aliphatic heterocycles. The van der Waals surface area contributed by atoms with Crippen molar-refractivity contribution in [1.82, 2.24) is 9.97 Å². The molecular weight excluding hydrogens is 336 g/mol. The topological polar surface area (TPSA) is 93.7 Å². The lowest BCUT2D eigenvalue weighted by Gasteiger charge is -2.21. The summed E-state index contributed by atoms with van der Waals surface area (Å²) in [5.74, 6) is 1.69. The first kappa shape index (κ1) is 16.0. The van der Waals surface area contributed by atoms with Crippen LogP contribution >= 0.6 is 0 Å². The number of fused-ring (bicyclic) bond motifs is 2. The Labute approximate surface area is 148 Å². The number of H-pyrrole nitrogens is 1.